The van der Waals surface area contributed by atoms with Crippen molar-refractivity contribution in [3.63, 3.8) is 0 Å². The third-order valence-electron chi connectivity index (χ3n) is 3.85. The molecule has 3 aromatic rings. The molecule has 0 aliphatic heterocycles. The number of halogens is 1. The summed E-state index contributed by atoms with van der Waals surface area (Å²) in [5.41, 5.74) is 1.96. The van der Waals surface area contributed by atoms with Crippen LogP contribution in [-0.4, -0.2) is 28.0 Å². The summed E-state index contributed by atoms with van der Waals surface area (Å²) in [4.78, 5) is 28.4. The zero-order valence-electron chi connectivity index (χ0n) is 13.1. The molecular formula is C19H15IN2O3. The molecule has 0 bridgehead atoms. The normalized spacial score (nSPS) is 11.9. The number of carbonyl (C=O) groups is 2. The van der Waals surface area contributed by atoms with Gasteiger partial charge >= 0.3 is 5.97 Å². The van der Waals surface area contributed by atoms with Gasteiger partial charge in [-0.2, -0.15) is 0 Å². The second-order valence-corrected chi connectivity index (χ2v) is 6.82. The van der Waals surface area contributed by atoms with Gasteiger partial charge in [0, 0.05) is 21.6 Å². The van der Waals surface area contributed by atoms with Crippen molar-refractivity contribution in [3.05, 3.63) is 75.5 Å². The molecule has 1 heterocycles. The number of aromatic nitrogens is 1. The molecule has 1 amide bonds. The third-order valence-corrected chi connectivity index (χ3v) is 4.57. The summed E-state index contributed by atoms with van der Waals surface area (Å²) >= 11 is 2.19. The Kier molecular flexibility index (Phi) is 5.28. The SMILES string of the molecule is O=C(N[C@H](Cc1ccc(I)cc1)C(=O)O)c1ccnc2ccccc12. The summed E-state index contributed by atoms with van der Waals surface area (Å²) in [6, 6.07) is 15.4. The predicted octanol–water partition coefficient (Wildman–Crippen LogP) is 3.27. The van der Waals surface area contributed by atoms with E-state index in [4.69, 9.17) is 0 Å². The number of carboxylic acids is 1. The number of benzene rings is 2. The quantitative estimate of drug-likeness (QED) is 0.590. The number of fused-ring (bicyclic) bond motifs is 1. The highest BCUT2D eigenvalue weighted by molar-refractivity contribution is 14.1. The van der Waals surface area contributed by atoms with Gasteiger partial charge in [0.15, 0.2) is 0 Å². The molecule has 126 valence electrons. The fraction of sp³-hybridized carbons (Fsp3) is 0.105. The standard InChI is InChI=1S/C19H15IN2O3/c20-13-7-5-12(6-8-13)11-17(19(24)25)22-18(23)15-9-10-21-16-4-2-1-3-14(15)16/h1-10,17H,11H2,(H,22,23)(H,24,25)/t17-/m1/s1. The molecule has 25 heavy (non-hydrogen) atoms. The number of para-hydroxylation sites is 1. The number of amides is 1. The Morgan fingerprint density at radius 3 is 2.52 bits per heavy atom. The molecule has 1 aromatic heterocycles. The topological polar surface area (TPSA) is 79.3 Å². The van der Waals surface area contributed by atoms with Crippen LogP contribution in [0.3, 0.4) is 0 Å². The van der Waals surface area contributed by atoms with E-state index in [0.29, 0.717) is 16.5 Å². The van der Waals surface area contributed by atoms with E-state index in [1.807, 2.05) is 42.5 Å². The number of carbonyl (C=O) groups excluding carboxylic acids is 1. The fourth-order valence-electron chi connectivity index (χ4n) is 2.59. The lowest BCUT2D eigenvalue weighted by molar-refractivity contribution is -0.139. The highest BCUT2D eigenvalue weighted by Crippen LogP contribution is 2.16. The molecule has 1 atom stereocenters. The Balaban J connectivity index is 1.83. The molecule has 6 heteroatoms. The summed E-state index contributed by atoms with van der Waals surface area (Å²) in [6.07, 6.45) is 1.77. The molecule has 2 N–H and O–H groups in total. The fourth-order valence-corrected chi connectivity index (χ4v) is 2.95. The van der Waals surface area contributed by atoms with Crippen LogP contribution < -0.4 is 5.32 Å². The van der Waals surface area contributed by atoms with Gasteiger partial charge in [-0.15, -0.1) is 0 Å². The van der Waals surface area contributed by atoms with Gasteiger partial charge in [-0.1, -0.05) is 30.3 Å². The molecule has 0 aliphatic rings. The smallest absolute Gasteiger partial charge is 0.326 e. The minimum absolute atomic E-state index is 0.223. The van der Waals surface area contributed by atoms with E-state index in [0.717, 1.165) is 9.13 Å². The van der Waals surface area contributed by atoms with E-state index in [2.05, 4.69) is 32.9 Å². The van der Waals surface area contributed by atoms with Crippen LogP contribution in [0.5, 0.6) is 0 Å². The van der Waals surface area contributed by atoms with Crippen LogP contribution in [-0.2, 0) is 11.2 Å². The largest absolute Gasteiger partial charge is 0.480 e. The van der Waals surface area contributed by atoms with Crippen molar-refractivity contribution in [1.29, 1.82) is 0 Å². The Bertz CT molecular complexity index is 920. The molecule has 5 nitrogen and oxygen atoms in total. The first kappa shape index (κ1) is 17.3. The number of hydrogen-bond donors (Lipinski definition) is 2. The maximum Gasteiger partial charge on any atom is 0.326 e. The van der Waals surface area contributed by atoms with Crippen LogP contribution in [0.1, 0.15) is 15.9 Å². The lowest BCUT2D eigenvalue weighted by Crippen LogP contribution is -2.42. The summed E-state index contributed by atoms with van der Waals surface area (Å²) in [6.45, 7) is 0. The maximum atomic E-state index is 12.6. The molecule has 3 rings (SSSR count). The third kappa shape index (κ3) is 4.14. The van der Waals surface area contributed by atoms with Crippen molar-refractivity contribution in [2.75, 3.05) is 0 Å². The van der Waals surface area contributed by atoms with Gasteiger partial charge in [0.1, 0.15) is 6.04 Å². The number of nitrogens with zero attached hydrogens (tertiary/aromatic N) is 1. The van der Waals surface area contributed by atoms with Crippen LogP contribution in [0.25, 0.3) is 10.9 Å². The minimum Gasteiger partial charge on any atom is -0.480 e. The molecule has 0 unspecified atom stereocenters. The summed E-state index contributed by atoms with van der Waals surface area (Å²) in [7, 11) is 0. The van der Waals surface area contributed by atoms with Crippen LogP contribution in [0.4, 0.5) is 0 Å². The predicted molar refractivity (Wildman–Crippen MR) is 103 cm³/mol. The zero-order chi connectivity index (χ0) is 17.8. The summed E-state index contributed by atoms with van der Waals surface area (Å²) in [5, 5.41) is 12.8. The number of nitrogens with one attached hydrogen (secondary N) is 1. The monoisotopic (exact) mass is 446 g/mol. The highest BCUT2D eigenvalue weighted by Gasteiger charge is 2.22. The van der Waals surface area contributed by atoms with Crippen LogP contribution in [0.2, 0.25) is 0 Å². The summed E-state index contributed by atoms with van der Waals surface area (Å²) in [5.74, 6) is -1.48. The first-order chi connectivity index (χ1) is 12.0. The van der Waals surface area contributed by atoms with Crippen molar-refractivity contribution in [1.82, 2.24) is 10.3 Å². The second-order valence-electron chi connectivity index (χ2n) is 5.57. The van der Waals surface area contributed by atoms with Gasteiger partial charge in [0.25, 0.3) is 5.91 Å². The Labute approximate surface area is 158 Å². The minimum atomic E-state index is -1.06. The average molecular weight is 446 g/mol. The molecule has 0 fully saturated rings. The van der Waals surface area contributed by atoms with Gasteiger partial charge in [-0.3, -0.25) is 9.78 Å². The zero-order valence-corrected chi connectivity index (χ0v) is 15.3. The van der Waals surface area contributed by atoms with Crippen molar-refractivity contribution in [2.45, 2.75) is 12.5 Å². The van der Waals surface area contributed by atoms with Gasteiger partial charge in [-0.25, -0.2) is 4.79 Å². The Hall–Kier alpha value is -2.48. The van der Waals surface area contributed by atoms with E-state index in [-0.39, 0.29) is 6.42 Å². The summed E-state index contributed by atoms with van der Waals surface area (Å²) < 4.78 is 1.07. The molecule has 0 saturated carbocycles. The molecule has 2 aromatic carbocycles. The number of rotatable bonds is 5. The van der Waals surface area contributed by atoms with Crippen LogP contribution >= 0.6 is 22.6 Å². The highest BCUT2D eigenvalue weighted by atomic mass is 127. The first-order valence-corrected chi connectivity index (χ1v) is 8.74. The van der Waals surface area contributed by atoms with Gasteiger partial charge < -0.3 is 10.4 Å². The lowest BCUT2D eigenvalue weighted by Gasteiger charge is -2.15. The molecule has 0 radical (unpaired) electrons. The first-order valence-electron chi connectivity index (χ1n) is 7.66. The van der Waals surface area contributed by atoms with Gasteiger partial charge in [-0.05, 0) is 52.4 Å². The number of carboxylic acid groups (broad SMARTS) is 1. The molecule has 0 saturated heterocycles. The van der Waals surface area contributed by atoms with Crippen molar-refractivity contribution < 1.29 is 14.7 Å². The van der Waals surface area contributed by atoms with Crippen molar-refractivity contribution in [3.8, 4) is 0 Å². The van der Waals surface area contributed by atoms with Gasteiger partial charge in [0.2, 0.25) is 0 Å². The number of pyridine rings is 1. The lowest BCUT2D eigenvalue weighted by atomic mass is 10.0. The van der Waals surface area contributed by atoms with Crippen molar-refractivity contribution >= 4 is 45.4 Å². The maximum absolute atomic E-state index is 12.6. The number of hydrogen-bond acceptors (Lipinski definition) is 3. The Morgan fingerprint density at radius 1 is 1.08 bits per heavy atom. The van der Waals surface area contributed by atoms with Crippen LogP contribution in [0, 0.1) is 3.57 Å². The van der Waals surface area contributed by atoms with Gasteiger partial charge in [0.05, 0.1) is 11.1 Å². The second kappa shape index (κ2) is 7.60. The van der Waals surface area contributed by atoms with E-state index in [1.54, 1.807) is 18.3 Å². The number of aliphatic carboxylic acids is 1. The van der Waals surface area contributed by atoms with Crippen molar-refractivity contribution in [2.24, 2.45) is 0 Å². The molecule has 0 aliphatic carbocycles. The van der Waals surface area contributed by atoms with E-state index < -0.39 is 17.9 Å². The molecule has 0 spiro atoms. The van der Waals surface area contributed by atoms with E-state index >= 15 is 0 Å². The van der Waals surface area contributed by atoms with E-state index in [9.17, 15) is 14.7 Å². The molecular weight excluding hydrogens is 431 g/mol. The van der Waals surface area contributed by atoms with Crippen LogP contribution in [0.15, 0.2) is 60.8 Å². The Morgan fingerprint density at radius 2 is 1.80 bits per heavy atom. The van der Waals surface area contributed by atoms with E-state index in [1.165, 1.54) is 0 Å². The average Bonchev–Trinajstić information content (AvgIpc) is 2.62.